The molecule has 5 atom stereocenters. The molecule has 2 aliphatic rings. The van der Waals surface area contributed by atoms with Crippen molar-refractivity contribution in [2.24, 2.45) is 0 Å². The molecule has 0 radical (unpaired) electrons. The number of hydrogen-bond acceptors (Lipinski definition) is 7. The van der Waals surface area contributed by atoms with Crippen molar-refractivity contribution in [3.05, 3.63) is 64.7 Å². The Hall–Kier alpha value is -2.00. The van der Waals surface area contributed by atoms with E-state index in [1.807, 2.05) is 42.5 Å². The van der Waals surface area contributed by atoms with Gasteiger partial charge in [0.1, 0.15) is 30.2 Å². The van der Waals surface area contributed by atoms with Gasteiger partial charge in [-0.2, -0.15) is 0 Å². The molecule has 4 N–H and O–H groups in total. The predicted molar refractivity (Wildman–Crippen MR) is 98.7 cm³/mol. The molecule has 2 aromatic rings. The fraction of sp³-hybridized carbons (Fsp3) is 0.429. The van der Waals surface area contributed by atoms with Crippen LogP contribution in [0.2, 0.25) is 0 Å². The van der Waals surface area contributed by atoms with Gasteiger partial charge in [-0.25, -0.2) is 0 Å². The number of fused-ring (bicyclic) bond motifs is 2. The molecule has 1 fully saturated rings. The molecule has 0 bridgehead atoms. The molecule has 4 rings (SSSR count). The number of aliphatic hydroxyl groups excluding tert-OH is 4. The van der Waals surface area contributed by atoms with Gasteiger partial charge >= 0.3 is 0 Å². The summed E-state index contributed by atoms with van der Waals surface area (Å²) >= 11 is 0. The van der Waals surface area contributed by atoms with E-state index >= 15 is 0 Å². The first-order valence-corrected chi connectivity index (χ1v) is 9.20. The van der Waals surface area contributed by atoms with Gasteiger partial charge in [0.15, 0.2) is 0 Å². The minimum Gasteiger partial charge on any atom is -0.497 e. The van der Waals surface area contributed by atoms with E-state index in [-0.39, 0.29) is 6.61 Å². The van der Waals surface area contributed by atoms with Gasteiger partial charge in [-0.3, -0.25) is 0 Å². The first kappa shape index (κ1) is 19.3. The van der Waals surface area contributed by atoms with Crippen LogP contribution in [-0.2, 0) is 28.3 Å². The molecule has 0 saturated carbocycles. The van der Waals surface area contributed by atoms with E-state index in [1.54, 1.807) is 7.11 Å². The first-order valence-electron chi connectivity index (χ1n) is 9.20. The smallest absolute Gasteiger partial charge is 0.225 e. The quantitative estimate of drug-likeness (QED) is 0.602. The van der Waals surface area contributed by atoms with Crippen LogP contribution in [0, 0.1) is 0 Å². The van der Waals surface area contributed by atoms with E-state index in [0.717, 1.165) is 22.4 Å². The van der Waals surface area contributed by atoms with Crippen molar-refractivity contribution < 1.29 is 34.6 Å². The Morgan fingerprint density at radius 3 is 2.43 bits per heavy atom. The van der Waals surface area contributed by atoms with Crippen molar-refractivity contribution in [3.8, 4) is 5.75 Å². The second kappa shape index (κ2) is 7.44. The van der Waals surface area contributed by atoms with Crippen LogP contribution in [0.25, 0.3) is 0 Å². The van der Waals surface area contributed by atoms with Gasteiger partial charge < -0.3 is 34.6 Å². The number of hydrogen-bond donors (Lipinski definition) is 4. The molecule has 28 heavy (non-hydrogen) atoms. The minimum absolute atomic E-state index is 0.205. The van der Waals surface area contributed by atoms with Gasteiger partial charge in [-0.1, -0.05) is 24.3 Å². The Bertz CT molecular complexity index is 835. The molecule has 0 aromatic heterocycles. The van der Waals surface area contributed by atoms with Gasteiger partial charge in [0.25, 0.3) is 0 Å². The summed E-state index contributed by atoms with van der Waals surface area (Å²) in [6.07, 6.45) is -4.79. The highest BCUT2D eigenvalue weighted by atomic mass is 16.7. The number of rotatable bonds is 4. The van der Waals surface area contributed by atoms with Crippen LogP contribution in [0.3, 0.4) is 0 Å². The van der Waals surface area contributed by atoms with Crippen LogP contribution in [0.1, 0.15) is 22.3 Å². The van der Waals surface area contributed by atoms with Crippen molar-refractivity contribution in [2.75, 3.05) is 13.7 Å². The maximum atomic E-state index is 10.6. The Morgan fingerprint density at radius 2 is 1.75 bits per heavy atom. The average molecular weight is 388 g/mol. The lowest BCUT2D eigenvalue weighted by Crippen LogP contribution is -2.63. The fourth-order valence-corrected chi connectivity index (χ4v) is 3.91. The summed E-state index contributed by atoms with van der Waals surface area (Å²) in [5, 5.41) is 40.4. The second-order valence-electron chi connectivity index (χ2n) is 7.24. The van der Waals surface area contributed by atoms with Gasteiger partial charge in [0, 0.05) is 5.56 Å². The molecule has 7 nitrogen and oxygen atoms in total. The molecular formula is C21H24O7. The zero-order valence-corrected chi connectivity index (χ0v) is 15.5. The number of ether oxygens (including phenoxy) is 3. The molecule has 1 spiro atoms. The summed E-state index contributed by atoms with van der Waals surface area (Å²) in [4.78, 5) is 0. The Labute approximate surface area is 162 Å². The molecule has 0 amide bonds. The highest BCUT2D eigenvalue weighted by Crippen LogP contribution is 2.46. The van der Waals surface area contributed by atoms with Crippen LogP contribution in [0.4, 0.5) is 0 Å². The van der Waals surface area contributed by atoms with E-state index < -0.39 is 36.8 Å². The lowest BCUT2D eigenvalue weighted by atomic mass is 9.86. The maximum Gasteiger partial charge on any atom is 0.225 e. The Morgan fingerprint density at radius 1 is 1.04 bits per heavy atom. The number of methoxy groups -OCH3 is 1. The van der Waals surface area contributed by atoms with E-state index in [9.17, 15) is 20.4 Å². The van der Waals surface area contributed by atoms with Crippen molar-refractivity contribution in [1.29, 1.82) is 0 Å². The molecule has 7 heteroatoms. The van der Waals surface area contributed by atoms with Crippen LogP contribution in [-0.4, -0.2) is 58.6 Å². The second-order valence-corrected chi connectivity index (χ2v) is 7.24. The average Bonchev–Trinajstić information content (AvgIpc) is 3.08. The Balaban J connectivity index is 1.66. The lowest BCUT2D eigenvalue weighted by molar-refractivity contribution is -0.368. The van der Waals surface area contributed by atoms with Gasteiger partial charge in [-0.15, -0.1) is 0 Å². The van der Waals surface area contributed by atoms with Crippen molar-refractivity contribution in [3.63, 3.8) is 0 Å². The summed E-state index contributed by atoms with van der Waals surface area (Å²) in [5.41, 5.74) is 3.50. The van der Waals surface area contributed by atoms with Crippen LogP contribution in [0.5, 0.6) is 5.75 Å². The van der Waals surface area contributed by atoms with Gasteiger partial charge in [0.05, 0.1) is 20.3 Å². The zero-order chi connectivity index (χ0) is 19.9. The first-order chi connectivity index (χ1) is 13.5. The highest BCUT2D eigenvalue weighted by Gasteiger charge is 2.58. The Kier molecular flexibility index (Phi) is 5.13. The van der Waals surface area contributed by atoms with Crippen molar-refractivity contribution >= 4 is 0 Å². The molecular weight excluding hydrogens is 364 g/mol. The number of aliphatic hydroxyl groups is 4. The molecule has 1 unspecified atom stereocenters. The molecule has 2 aliphatic heterocycles. The summed E-state index contributed by atoms with van der Waals surface area (Å²) in [7, 11) is 1.62. The molecule has 2 heterocycles. The third kappa shape index (κ3) is 3.10. The minimum atomic E-state index is -1.61. The molecule has 1 saturated heterocycles. The monoisotopic (exact) mass is 388 g/mol. The SMILES string of the molecule is COc1ccc(Cc2ccc3c(c2)C2(OC3)O[C@H](CO)[C@@H](O)[C@H](O)[C@H]2O)cc1. The van der Waals surface area contributed by atoms with Crippen molar-refractivity contribution in [2.45, 2.75) is 43.2 Å². The third-order valence-electron chi connectivity index (χ3n) is 5.51. The van der Waals surface area contributed by atoms with Crippen molar-refractivity contribution in [1.82, 2.24) is 0 Å². The highest BCUT2D eigenvalue weighted by molar-refractivity contribution is 5.41. The van der Waals surface area contributed by atoms with E-state index in [1.165, 1.54) is 0 Å². The molecule has 150 valence electrons. The lowest BCUT2D eigenvalue weighted by Gasteiger charge is -2.46. The standard InChI is InChI=1S/C21H24O7/c1-26-15-6-3-12(4-7-15)8-13-2-5-14-11-27-21(16(14)9-13)20(25)19(24)18(23)17(10-22)28-21/h2-7,9,17-20,22-25H,8,10-11H2,1H3/t17-,18-,19+,20-,21?/m1/s1. The van der Waals surface area contributed by atoms with Crippen LogP contribution in [0.15, 0.2) is 42.5 Å². The molecule has 0 aliphatic carbocycles. The summed E-state index contributed by atoms with van der Waals surface area (Å²) in [6.45, 7) is -0.299. The topological polar surface area (TPSA) is 109 Å². The predicted octanol–water partition coefficient (Wildman–Crippen LogP) is 0.443. The van der Waals surface area contributed by atoms with E-state index in [2.05, 4.69) is 0 Å². The van der Waals surface area contributed by atoms with Gasteiger partial charge in [0.2, 0.25) is 5.79 Å². The fourth-order valence-electron chi connectivity index (χ4n) is 3.91. The van der Waals surface area contributed by atoms with Gasteiger partial charge in [-0.05, 0) is 41.3 Å². The largest absolute Gasteiger partial charge is 0.497 e. The normalized spacial score (nSPS) is 31.8. The van der Waals surface area contributed by atoms with Crippen LogP contribution < -0.4 is 4.74 Å². The zero-order valence-electron chi connectivity index (χ0n) is 15.5. The van der Waals surface area contributed by atoms with Crippen LogP contribution >= 0.6 is 0 Å². The summed E-state index contributed by atoms with van der Waals surface area (Å²) in [5.74, 6) is -0.830. The maximum absolute atomic E-state index is 10.6. The van der Waals surface area contributed by atoms with E-state index in [0.29, 0.717) is 12.0 Å². The third-order valence-corrected chi connectivity index (χ3v) is 5.51. The number of benzene rings is 2. The van der Waals surface area contributed by atoms with E-state index in [4.69, 9.17) is 14.2 Å². The summed E-state index contributed by atoms with van der Waals surface area (Å²) < 4.78 is 16.8. The molecule has 2 aromatic carbocycles. The summed E-state index contributed by atoms with van der Waals surface area (Å²) in [6, 6.07) is 13.5.